The van der Waals surface area contributed by atoms with Gasteiger partial charge < -0.3 is 70.4 Å². The van der Waals surface area contributed by atoms with E-state index in [0.29, 0.717) is 12.0 Å². The van der Waals surface area contributed by atoms with E-state index < -0.39 is 120 Å². The van der Waals surface area contributed by atoms with Crippen molar-refractivity contribution in [3.8, 4) is 5.75 Å². The first-order chi connectivity index (χ1) is 35.7. The molecule has 1 aliphatic heterocycles. The highest BCUT2D eigenvalue weighted by atomic mass is 16.3. The van der Waals surface area contributed by atoms with Crippen LogP contribution in [0.5, 0.6) is 5.75 Å². The number of phenols is 1. The Morgan fingerprint density at radius 1 is 0.627 bits per heavy atom. The van der Waals surface area contributed by atoms with E-state index in [4.69, 9.17) is 22.9 Å². The number of unbranched alkanes of at least 4 members (excludes halogenated alkanes) is 4. The minimum atomic E-state index is -1.27. The monoisotopic (exact) mass is 1060 g/mol. The number of aliphatic hydroxyl groups is 1. The Morgan fingerprint density at radius 3 is 1.67 bits per heavy atom. The van der Waals surface area contributed by atoms with Gasteiger partial charge in [-0.15, -0.1) is 0 Å². The van der Waals surface area contributed by atoms with Gasteiger partial charge in [-0.1, -0.05) is 78.9 Å². The van der Waals surface area contributed by atoms with Gasteiger partial charge >= 0.3 is 0 Å². The maximum atomic E-state index is 14.5. The minimum Gasteiger partial charge on any atom is -0.508 e. The van der Waals surface area contributed by atoms with Crippen LogP contribution in [-0.4, -0.2) is 138 Å². The van der Waals surface area contributed by atoms with Crippen molar-refractivity contribution in [2.24, 2.45) is 46.6 Å². The molecule has 2 rings (SSSR count). The van der Waals surface area contributed by atoms with Crippen molar-refractivity contribution in [1.29, 1.82) is 0 Å². The highest BCUT2D eigenvalue weighted by Crippen LogP contribution is 2.21. The molecule has 0 radical (unpaired) electrons. The molecule has 0 saturated carbocycles. The zero-order valence-electron chi connectivity index (χ0n) is 45.1. The Hall–Kier alpha value is -5.55. The summed E-state index contributed by atoms with van der Waals surface area (Å²) in [4.78, 5) is 127. The van der Waals surface area contributed by atoms with Crippen LogP contribution >= 0.6 is 0 Å². The molecule has 1 saturated heterocycles. The number of ketones is 2. The SMILES string of the molecule is CCCCCCC[C@@H](O)CC(=O)N[C@H](CCN)C(=O)C[C@H]1CCNC(=O)[C@H](CC(C)C)NC(=O)[C@H](CCN)NC(=O)[C@H](CCN)NC(=O)[C@H](CC(C)C)NC(=O)[C@@H](Cc2ccc(O)cc2)CC(=O)[C@H](CCN)NC1=O. The number of hydrogen-bond donors (Lipinski definition) is 13. The summed E-state index contributed by atoms with van der Waals surface area (Å²) < 4.78 is 0. The Kier molecular flexibility index (Phi) is 31.2. The van der Waals surface area contributed by atoms with Gasteiger partial charge in [0, 0.05) is 31.2 Å². The molecule has 17 N–H and O–H groups in total. The average Bonchev–Trinajstić information content (AvgIpc) is 3.34. The zero-order chi connectivity index (χ0) is 56.0. The quantitative estimate of drug-likeness (QED) is 0.0548. The van der Waals surface area contributed by atoms with E-state index in [1.807, 2.05) is 27.7 Å². The lowest BCUT2D eigenvalue weighted by Crippen LogP contribution is -2.59. The van der Waals surface area contributed by atoms with Gasteiger partial charge in [0.2, 0.25) is 41.4 Å². The second-order valence-corrected chi connectivity index (χ2v) is 20.7. The number of benzene rings is 1. The van der Waals surface area contributed by atoms with E-state index in [1.165, 1.54) is 12.1 Å². The second kappa shape index (κ2) is 35.7. The van der Waals surface area contributed by atoms with Crippen LogP contribution in [0.25, 0.3) is 0 Å². The molecule has 1 aromatic rings. The molecule has 0 aliphatic carbocycles. The molecule has 1 fully saturated rings. The fraction of sp³-hybridized carbons (Fsp3) is 0.717. The van der Waals surface area contributed by atoms with Crippen LogP contribution < -0.4 is 60.2 Å². The number of nitrogens with one attached hydrogen (secondary N) is 7. The molecule has 7 amide bonds. The Balaban J connectivity index is 2.70. The summed E-state index contributed by atoms with van der Waals surface area (Å²) in [5.74, 6) is -8.73. The number of carbonyl (C=O) groups is 9. The molecule has 1 aliphatic rings. The predicted molar refractivity (Wildman–Crippen MR) is 285 cm³/mol. The molecular weight excluding hydrogens is 967 g/mol. The minimum absolute atomic E-state index is 0.00843. The van der Waals surface area contributed by atoms with Crippen LogP contribution in [-0.2, 0) is 49.6 Å². The first-order valence-corrected chi connectivity index (χ1v) is 27.1. The Bertz CT molecular complexity index is 1970. The number of nitrogens with two attached hydrogens (primary N) is 4. The molecule has 0 bridgehead atoms. The van der Waals surface area contributed by atoms with Crippen LogP contribution in [0.1, 0.15) is 143 Å². The third-order valence-electron chi connectivity index (χ3n) is 13.1. The van der Waals surface area contributed by atoms with E-state index in [2.05, 4.69) is 44.1 Å². The fourth-order valence-electron chi connectivity index (χ4n) is 8.95. The molecule has 0 unspecified atom stereocenters. The van der Waals surface area contributed by atoms with Gasteiger partial charge in [0.25, 0.3) is 0 Å². The van der Waals surface area contributed by atoms with Crippen LogP contribution in [0.3, 0.4) is 0 Å². The lowest BCUT2D eigenvalue weighted by atomic mass is 9.89. The first-order valence-electron chi connectivity index (χ1n) is 27.1. The highest BCUT2D eigenvalue weighted by Gasteiger charge is 2.36. The van der Waals surface area contributed by atoms with E-state index in [1.54, 1.807) is 12.1 Å². The molecule has 424 valence electrons. The Morgan fingerprint density at radius 2 is 1.12 bits per heavy atom. The van der Waals surface area contributed by atoms with Crippen LogP contribution in [0.15, 0.2) is 24.3 Å². The third kappa shape index (κ3) is 25.2. The van der Waals surface area contributed by atoms with E-state index in [-0.39, 0.29) is 108 Å². The van der Waals surface area contributed by atoms with Gasteiger partial charge in [-0.05, 0) is 113 Å². The number of carbonyl (C=O) groups excluding carboxylic acids is 9. The second-order valence-electron chi connectivity index (χ2n) is 20.7. The number of rotatable bonds is 26. The average molecular weight is 1060 g/mol. The summed E-state index contributed by atoms with van der Waals surface area (Å²) in [6.45, 7) is 9.04. The van der Waals surface area contributed by atoms with Gasteiger partial charge in [-0.25, -0.2) is 0 Å². The summed E-state index contributed by atoms with van der Waals surface area (Å²) in [6, 6.07) is -1.30. The highest BCUT2D eigenvalue weighted by molar-refractivity contribution is 5.98. The van der Waals surface area contributed by atoms with Crippen molar-refractivity contribution in [3.05, 3.63) is 29.8 Å². The van der Waals surface area contributed by atoms with Crippen molar-refractivity contribution in [1.82, 2.24) is 37.2 Å². The lowest BCUT2D eigenvalue weighted by molar-refractivity contribution is -0.136. The number of phenolic OH excluding ortho intramolecular Hbond substituents is 1. The molecule has 1 aromatic carbocycles. The van der Waals surface area contributed by atoms with E-state index >= 15 is 0 Å². The van der Waals surface area contributed by atoms with Crippen molar-refractivity contribution in [2.45, 2.75) is 186 Å². The standard InChI is InChI=1S/C53H91N11O11/c1-6-7-8-9-10-11-38(66)31-47(69)59-39(16-21-54)45(67)29-35-20-25-58-50(72)43(26-32(2)3)64-52(74)42(19-24-57)61-51(73)41(18-23-56)62-53(75)44(27-33(4)5)63-49(71)36(28-34-12-14-37(65)15-13-34)30-46(68)40(17-22-55)60-48(35)70/h12-15,32-33,35-36,38-44,65-66H,6-11,16-31,54-57H2,1-5H3,(H,58,72)(H,59,69)(H,60,70)(H,61,73)(H,62,75)(H,63,71)(H,64,74)/t35-,36+,38-,39-,40+,41+,42+,43+,44+/m1/s1. The van der Waals surface area contributed by atoms with Crippen molar-refractivity contribution in [3.63, 3.8) is 0 Å². The summed E-state index contributed by atoms with van der Waals surface area (Å²) in [5.41, 5.74) is 24.2. The summed E-state index contributed by atoms with van der Waals surface area (Å²) >= 11 is 0. The molecule has 9 atom stereocenters. The van der Waals surface area contributed by atoms with Gasteiger partial charge in [0.15, 0.2) is 11.6 Å². The molecule has 0 aromatic heterocycles. The number of aliphatic hydroxyl groups excluding tert-OH is 1. The normalized spacial score (nSPS) is 23.0. The van der Waals surface area contributed by atoms with Crippen molar-refractivity contribution >= 4 is 52.9 Å². The summed E-state index contributed by atoms with van der Waals surface area (Å²) in [5, 5.41) is 39.7. The summed E-state index contributed by atoms with van der Waals surface area (Å²) in [6.07, 6.45) is 2.98. The fourth-order valence-corrected chi connectivity index (χ4v) is 8.95. The van der Waals surface area contributed by atoms with Gasteiger partial charge in [0.1, 0.15) is 29.9 Å². The van der Waals surface area contributed by atoms with Crippen molar-refractivity contribution < 1.29 is 53.4 Å². The lowest BCUT2D eigenvalue weighted by Gasteiger charge is -2.28. The smallest absolute Gasteiger partial charge is 0.243 e. The van der Waals surface area contributed by atoms with Gasteiger partial charge in [-0.3, -0.25) is 43.2 Å². The largest absolute Gasteiger partial charge is 0.508 e. The van der Waals surface area contributed by atoms with Gasteiger partial charge in [0.05, 0.1) is 24.6 Å². The van der Waals surface area contributed by atoms with E-state index in [9.17, 15) is 53.4 Å². The molecule has 22 heteroatoms. The predicted octanol–water partition coefficient (Wildman–Crippen LogP) is 0.113. The molecule has 0 spiro atoms. The van der Waals surface area contributed by atoms with Crippen LogP contribution in [0, 0.1) is 23.7 Å². The topological polar surface area (TPSA) is 382 Å². The maximum Gasteiger partial charge on any atom is 0.243 e. The Labute approximate surface area is 443 Å². The molecular formula is C53H91N11O11. The first kappa shape index (κ1) is 65.6. The molecule has 75 heavy (non-hydrogen) atoms. The number of Topliss-reactive ketones (excluding diaryl/α,β-unsaturated/α-hetero) is 2. The van der Waals surface area contributed by atoms with E-state index in [0.717, 1.165) is 32.1 Å². The van der Waals surface area contributed by atoms with Crippen molar-refractivity contribution in [2.75, 3.05) is 32.7 Å². The number of aromatic hydroxyl groups is 1. The maximum absolute atomic E-state index is 14.5. The van der Waals surface area contributed by atoms with Crippen LogP contribution in [0.2, 0.25) is 0 Å². The number of hydrogen-bond acceptors (Lipinski definition) is 15. The number of amides is 7. The molecule has 1 heterocycles. The van der Waals surface area contributed by atoms with Crippen LogP contribution in [0.4, 0.5) is 0 Å². The summed E-state index contributed by atoms with van der Waals surface area (Å²) in [7, 11) is 0. The third-order valence-corrected chi connectivity index (χ3v) is 13.1. The molecule has 22 nitrogen and oxygen atoms in total. The van der Waals surface area contributed by atoms with Gasteiger partial charge in [-0.2, -0.15) is 0 Å². The zero-order valence-corrected chi connectivity index (χ0v) is 45.1.